The first-order chi connectivity index (χ1) is 11.4. The zero-order valence-corrected chi connectivity index (χ0v) is 13.2. The third kappa shape index (κ3) is 3.75. The molecule has 0 bridgehead atoms. The maximum absolute atomic E-state index is 11.5. The average molecular weight is 328 g/mol. The summed E-state index contributed by atoms with van der Waals surface area (Å²) in [5, 5.41) is 24.0. The zero-order valence-electron chi connectivity index (χ0n) is 13.2. The van der Waals surface area contributed by atoms with Gasteiger partial charge in [-0.3, -0.25) is 14.9 Å². The van der Waals surface area contributed by atoms with Crippen molar-refractivity contribution in [2.75, 3.05) is 0 Å². The van der Waals surface area contributed by atoms with E-state index in [4.69, 9.17) is 4.74 Å². The van der Waals surface area contributed by atoms with Gasteiger partial charge in [0.15, 0.2) is 6.10 Å². The molecule has 2 aromatic carbocycles. The van der Waals surface area contributed by atoms with Crippen LogP contribution in [0.3, 0.4) is 0 Å². The Morgan fingerprint density at radius 3 is 2.38 bits per heavy atom. The minimum Gasteiger partial charge on any atom is -0.451 e. The number of hydrogen-bond donors (Lipinski definition) is 1. The molecular weight excluding hydrogens is 312 g/mol. The van der Waals surface area contributed by atoms with E-state index >= 15 is 0 Å². The lowest BCUT2D eigenvalue weighted by Crippen LogP contribution is -2.21. The molecular formula is C17H16N2O5. The molecule has 0 heterocycles. The summed E-state index contributed by atoms with van der Waals surface area (Å²) < 4.78 is 5.23. The van der Waals surface area contributed by atoms with Gasteiger partial charge in [-0.05, 0) is 13.0 Å². The molecule has 2 rings (SSSR count). The van der Waals surface area contributed by atoms with Gasteiger partial charge >= 0.3 is 5.97 Å². The highest BCUT2D eigenvalue weighted by molar-refractivity contribution is 6.05. The number of nitrogens with zero attached hydrogens (tertiary/aromatic N) is 2. The van der Waals surface area contributed by atoms with E-state index in [1.807, 2.05) is 6.92 Å². The fraction of sp³-hybridized carbons (Fsp3) is 0.176. The first kappa shape index (κ1) is 17.1. The fourth-order valence-corrected chi connectivity index (χ4v) is 2.29. The van der Waals surface area contributed by atoms with Crippen molar-refractivity contribution in [1.82, 2.24) is 0 Å². The second kappa shape index (κ2) is 7.36. The number of ether oxygens (including phenoxy) is 1. The largest absolute Gasteiger partial charge is 0.451 e. The van der Waals surface area contributed by atoms with E-state index in [2.05, 4.69) is 5.16 Å². The van der Waals surface area contributed by atoms with E-state index in [0.29, 0.717) is 5.56 Å². The SMILES string of the molecule is CC(=O)OC(/C(=N/O)c1ccc(C)cc1)c1ccccc1[N+](=O)[O-]. The van der Waals surface area contributed by atoms with Crippen LogP contribution in [0.4, 0.5) is 5.69 Å². The van der Waals surface area contributed by atoms with Gasteiger partial charge in [0.25, 0.3) is 5.69 Å². The smallest absolute Gasteiger partial charge is 0.303 e. The Balaban J connectivity index is 2.58. The summed E-state index contributed by atoms with van der Waals surface area (Å²) in [5.74, 6) is -0.647. The quantitative estimate of drug-likeness (QED) is 0.298. The van der Waals surface area contributed by atoms with Crippen molar-refractivity contribution >= 4 is 17.4 Å². The van der Waals surface area contributed by atoms with Gasteiger partial charge in [-0.2, -0.15) is 0 Å². The van der Waals surface area contributed by atoms with Crippen molar-refractivity contribution in [3.05, 3.63) is 75.3 Å². The molecule has 0 aromatic heterocycles. The van der Waals surface area contributed by atoms with E-state index < -0.39 is 17.0 Å². The van der Waals surface area contributed by atoms with Gasteiger partial charge in [0.2, 0.25) is 0 Å². The van der Waals surface area contributed by atoms with E-state index in [0.717, 1.165) is 5.56 Å². The van der Waals surface area contributed by atoms with Gasteiger partial charge in [-0.25, -0.2) is 0 Å². The van der Waals surface area contributed by atoms with Crippen molar-refractivity contribution < 1.29 is 19.7 Å². The molecule has 0 amide bonds. The highest BCUT2D eigenvalue weighted by Crippen LogP contribution is 2.31. The molecule has 0 radical (unpaired) electrons. The van der Waals surface area contributed by atoms with Gasteiger partial charge < -0.3 is 9.94 Å². The lowest BCUT2D eigenvalue weighted by Gasteiger charge is -2.19. The lowest BCUT2D eigenvalue weighted by atomic mass is 9.97. The standard InChI is InChI=1S/C17H16N2O5/c1-11-7-9-13(10-8-11)16(18-21)17(24-12(2)20)14-5-3-4-6-15(14)19(22)23/h3-10,17,21H,1-2H3/b18-16+. The number of esters is 1. The van der Waals surface area contributed by atoms with Crippen molar-refractivity contribution in [2.24, 2.45) is 5.16 Å². The molecule has 24 heavy (non-hydrogen) atoms. The molecule has 2 aromatic rings. The number of oxime groups is 1. The van der Waals surface area contributed by atoms with E-state index in [1.54, 1.807) is 30.3 Å². The van der Waals surface area contributed by atoms with E-state index in [-0.39, 0.29) is 17.0 Å². The molecule has 124 valence electrons. The number of nitro benzene ring substituents is 1. The molecule has 0 aliphatic heterocycles. The third-order valence-electron chi connectivity index (χ3n) is 3.40. The Morgan fingerprint density at radius 2 is 1.83 bits per heavy atom. The molecule has 1 atom stereocenters. The van der Waals surface area contributed by atoms with E-state index in [1.165, 1.54) is 25.1 Å². The summed E-state index contributed by atoms with van der Waals surface area (Å²) in [5.41, 5.74) is 1.40. The number of nitro groups is 1. The summed E-state index contributed by atoms with van der Waals surface area (Å²) in [7, 11) is 0. The minimum atomic E-state index is -1.20. The molecule has 0 aliphatic rings. The number of aryl methyl sites for hydroxylation is 1. The second-order valence-corrected chi connectivity index (χ2v) is 5.16. The van der Waals surface area contributed by atoms with Crippen LogP contribution in [0.25, 0.3) is 0 Å². The predicted octanol–water partition coefficient (Wildman–Crippen LogP) is 3.39. The Morgan fingerprint density at radius 1 is 1.21 bits per heavy atom. The Bertz CT molecular complexity index is 784. The van der Waals surface area contributed by atoms with E-state index in [9.17, 15) is 20.1 Å². The maximum Gasteiger partial charge on any atom is 0.303 e. The first-order valence-electron chi connectivity index (χ1n) is 7.13. The van der Waals surface area contributed by atoms with Crippen LogP contribution < -0.4 is 0 Å². The van der Waals surface area contributed by atoms with Crippen LogP contribution >= 0.6 is 0 Å². The normalized spacial score (nSPS) is 12.5. The molecule has 7 nitrogen and oxygen atoms in total. The van der Waals surface area contributed by atoms with Gasteiger partial charge in [-0.1, -0.05) is 47.1 Å². The highest BCUT2D eigenvalue weighted by atomic mass is 16.6. The summed E-state index contributed by atoms with van der Waals surface area (Å²) in [6.07, 6.45) is -1.20. The monoisotopic (exact) mass is 328 g/mol. The lowest BCUT2D eigenvalue weighted by molar-refractivity contribution is -0.386. The van der Waals surface area contributed by atoms with Crippen molar-refractivity contribution in [3.8, 4) is 0 Å². The summed E-state index contributed by atoms with van der Waals surface area (Å²) in [6.45, 7) is 3.08. The average Bonchev–Trinajstić information content (AvgIpc) is 2.56. The topological polar surface area (TPSA) is 102 Å². The number of carbonyl (C=O) groups excluding carboxylic acids is 1. The Kier molecular flexibility index (Phi) is 5.26. The number of hydrogen-bond acceptors (Lipinski definition) is 6. The number of para-hydroxylation sites is 1. The van der Waals surface area contributed by atoms with Crippen molar-refractivity contribution in [3.63, 3.8) is 0 Å². The maximum atomic E-state index is 11.5. The molecule has 7 heteroatoms. The number of carbonyl (C=O) groups is 1. The first-order valence-corrected chi connectivity index (χ1v) is 7.13. The van der Waals surface area contributed by atoms with Crippen LogP contribution in [0.15, 0.2) is 53.7 Å². The van der Waals surface area contributed by atoms with Crippen LogP contribution in [0.1, 0.15) is 29.7 Å². The van der Waals surface area contributed by atoms with Gasteiger partial charge in [0, 0.05) is 18.6 Å². The van der Waals surface area contributed by atoms with Gasteiger partial charge in [0.1, 0.15) is 5.71 Å². The second-order valence-electron chi connectivity index (χ2n) is 5.16. The van der Waals surface area contributed by atoms with Crippen LogP contribution in [0.2, 0.25) is 0 Å². The number of benzene rings is 2. The molecule has 1 unspecified atom stereocenters. The van der Waals surface area contributed by atoms with Crippen LogP contribution in [0, 0.1) is 17.0 Å². The molecule has 0 fully saturated rings. The summed E-state index contributed by atoms with van der Waals surface area (Å²) in [6, 6.07) is 12.8. The number of rotatable bonds is 5. The van der Waals surface area contributed by atoms with Gasteiger partial charge in [0.05, 0.1) is 10.5 Å². The Labute approximate surface area is 138 Å². The Hall–Kier alpha value is -3.22. The molecule has 0 saturated carbocycles. The molecule has 1 N–H and O–H groups in total. The predicted molar refractivity (Wildman–Crippen MR) is 87.1 cm³/mol. The minimum absolute atomic E-state index is 0.0134. The summed E-state index contributed by atoms with van der Waals surface area (Å²) >= 11 is 0. The van der Waals surface area contributed by atoms with Crippen molar-refractivity contribution in [1.29, 1.82) is 0 Å². The van der Waals surface area contributed by atoms with Crippen molar-refractivity contribution in [2.45, 2.75) is 20.0 Å². The van der Waals surface area contributed by atoms with Crippen LogP contribution in [-0.2, 0) is 9.53 Å². The molecule has 0 spiro atoms. The fourth-order valence-electron chi connectivity index (χ4n) is 2.29. The van der Waals surface area contributed by atoms with Gasteiger partial charge in [-0.15, -0.1) is 0 Å². The zero-order chi connectivity index (χ0) is 17.7. The third-order valence-corrected chi connectivity index (χ3v) is 3.40. The van der Waals surface area contributed by atoms with Crippen LogP contribution in [-0.4, -0.2) is 21.8 Å². The van der Waals surface area contributed by atoms with Crippen LogP contribution in [0.5, 0.6) is 0 Å². The molecule has 0 saturated heterocycles. The summed E-state index contributed by atoms with van der Waals surface area (Å²) in [4.78, 5) is 22.2. The molecule has 0 aliphatic carbocycles. The highest BCUT2D eigenvalue weighted by Gasteiger charge is 2.30.